The maximum absolute atomic E-state index is 11.9. The third kappa shape index (κ3) is 2.72. The number of rotatable bonds is 3. The summed E-state index contributed by atoms with van der Waals surface area (Å²) < 4.78 is 0. The molecule has 88 valence electrons. The Kier molecular flexibility index (Phi) is 3.56. The van der Waals surface area contributed by atoms with E-state index in [9.17, 15) is 4.79 Å². The lowest BCUT2D eigenvalue weighted by Crippen LogP contribution is -2.13. The lowest BCUT2D eigenvalue weighted by molar-refractivity contribution is 0.103. The van der Waals surface area contributed by atoms with Crippen molar-refractivity contribution in [3.05, 3.63) is 51.7 Å². The molecule has 0 saturated heterocycles. The number of benzene rings is 1. The minimum atomic E-state index is -0.0831. The van der Waals surface area contributed by atoms with E-state index in [-0.39, 0.29) is 5.91 Å². The van der Waals surface area contributed by atoms with Gasteiger partial charge in [0, 0.05) is 12.2 Å². The van der Waals surface area contributed by atoms with Gasteiger partial charge in [0.2, 0.25) is 0 Å². The molecule has 1 aromatic carbocycles. The van der Waals surface area contributed by atoms with Gasteiger partial charge in [0.1, 0.15) is 0 Å². The number of carbonyl (C=O) groups is 1. The lowest BCUT2D eigenvalue weighted by atomic mass is 10.1. The van der Waals surface area contributed by atoms with Crippen LogP contribution in [0.1, 0.15) is 20.8 Å². The summed E-state index contributed by atoms with van der Waals surface area (Å²) in [5.41, 5.74) is 8.49. The van der Waals surface area contributed by atoms with Crippen molar-refractivity contribution in [2.75, 3.05) is 5.32 Å². The van der Waals surface area contributed by atoms with E-state index in [1.807, 2.05) is 36.6 Å². The first kappa shape index (κ1) is 11.8. The van der Waals surface area contributed by atoms with Crippen LogP contribution in [0.4, 0.5) is 5.69 Å². The van der Waals surface area contributed by atoms with Crippen molar-refractivity contribution in [1.82, 2.24) is 0 Å². The van der Waals surface area contributed by atoms with Crippen molar-refractivity contribution >= 4 is 22.9 Å². The first-order valence-electron chi connectivity index (χ1n) is 5.35. The quantitative estimate of drug-likeness (QED) is 0.875. The molecule has 0 aliphatic heterocycles. The fraction of sp³-hybridized carbons (Fsp3) is 0.154. The number of amides is 1. The van der Waals surface area contributed by atoms with E-state index in [2.05, 4.69) is 5.32 Å². The van der Waals surface area contributed by atoms with Crippen LogP contribution in [0, 0.1) is 6.92 Å². The summed E-state index contributed by atoms with van der Waals surface area (Å²) in [5.74, 6) is -0.0831. The molecule has 0 radical (unpaired) electrons. The van der Waals surface area contributed by atoms with Crippen LogP contribution in [-0.2, 0) is 6.54 Å². The van der Waals surface area contributed by atoms with Crippen LogP contribution in [0.25, 0.3) is 0 Å². The number of aryl methyl sites for hydroxylation is 1. The molecule has 0 saturated carbocycles. The zero-order valence-corrected chi connectivity index (χ0v) is 10.4. The highest BCUT2D eigenvalue weighted by atomic mass is 32.1. The second-order valence-electron chi connectivity index (χ2n) is 3.80. The van der Waals surface area contributed by atoms with Crippen molar-refractivity contribution in [2.45, 2.75) is 13.5 Å². The average molecular weight is 246 g/mol. The highest BCUT2D eigenvalue weighted by molar-refractivity contribution is 7.12. The summed E-state index contributed by atoms with van der Waals surface area (Å²) in [6.07, 6.45) is 0. The Morgan fingerprint density at radius 1 is 1.41 bits per heavy atom. The summed E-state index contributed by atoms with van der Waals surface area (Å²) in [5, 5.41) is 4.78. The number of hydrogen-bond acceptors (Lipinski definition) is 3. The van der Waals surface area contributed by atoms with E-state index in [0.717, 1.165) is 16.8 Å². The number of nitrogens with one attached hydrogen (secondary N) is 1. The lowest BCUT2D eigenvalue weighted by Gasteiger charge is -2.10. The van der Waals surface area contributed by atoms with Crippen LogP contribution in [0.15, 0.2) is 35.7 Å². The van der Waals surface area contributed by atoms with E-state index < -0.39 is 0 Å². The molecule has 4 heteroatoms. The van der Waals surface area contributed by atoms with Gasteiger partial charge in [-0.25, -0.2) is 0 Å². The standard InChI is InChI=1S/C13H14N2OS/c1-9-4-5-10(8-14)11(7-9)15-13(16)12-3-2-6-17-12/h2-7H,8,14H2,1H3,(H,15,16). The van der Waals surface area contributed by atoms with Crippen LogP contribution in [-0.4, -0.2) is 5.91 Å². The Balaban J connectivity index is 2.23. The van der Waals surface area contributed by atoms with Crippen LogP contribution in [0.2, 0.25) is 0 Å². The zero-order valence-electron chi connectivity index (χ0n) is 9.57. The molecule has 1 aromatic heterocycles. The molecule has 2 rings (SSSR count). The van der Waals surface area contributed by atoms with E-state index in [4.69, 9.17) is 5.73 Å². The summed E-state index contributed by atoms with van der Waals surface area (Å²) >= 11 is 1.42. The van der Waals surface area contributed by atoms with Gasteiger partial charge >= 0.3 is 0 Å². The molecule has 3 nitrogen and oxygen atoms in total. The van der Waals surface area contributed by atoms with Gasteiger partial charge in [0.25, 0.3) is 5.91 Å². The maximum atomic E-state index is 11.9. The predicted octanol–water partition coefficient (Wildman–Crippen LogP) is 2.77. The molecule has 17 heavy (non-hydrogen) atoms. The van der Waals surface area contributed by atoms with Gasteiger partial charge in [-0.2, -0.15) is 0 Å². The highest BCUT2D eigenvalue weighted by Gasteiger charge is 2.09. The predicted molar refractivity (Wildman–Crippen MR) is 71.3 cm³/mol. The van der Waals surface area contributed by atoms with Crippen LogP contribution in [0.5, 0.6) is 0 Å². The third-order valence-electron chi connectivity index (χ3n) is 2.48. The van der Waals surface area contributed by atoms with Crippen LogP contribution in [0.3, 0.4) is 0 Å². The molecule has 2 aromatic rings. The zero-order chi connectivity index (χ0) is 12.3. The SMILES string of the molecule is Cc1ccc(CN)c(NC(=O)c2cccs2)c1. The molecule has 0 aliphatic rings. The monoisotopic (exact) mass is 246 g/mol. The molecule has 0 fully saturated rings. The summed E-state index contributed by atoms with van der Waals surface area (Å²) in [7, 11) is 0. The Labute approximate surface area is 104 Å². The van der Waals surface area contributed by atoms with Crippen molar-refractivity contribution in [3.63, 3.8) is 0 Å². The summed E-state index contributed by atoms with van der Waals surface area (Å²) in [6, 6.07) is 9.54. The molecular weight excluding hydrogens is 232 g/mol. The molecule has 0 bridgehead atoms. The van der Waals surface area contributed by atoms with Crippen molar-refractivity contribution in [1.29, 1.82) is 0 Å². The summed E-state index contributed by atoms with van der Waals surface area (Å²) in [6.45, 7) is 2.40. The van der Waals surface area contributed by atoms with Crippen LogP contribution >= 0.6 is 11.3 Å². The van der Waals surface area contributed by atoms with Gasteiger partial charge in [-0.05, 0) is 35.6 Å². The molecule has 0 spiro atoms. The number of nitrogens with two attached hydrogens (primary N) is 1. The molecule has 1 heterocycles. The normalized spacial score (nSPS) is 10.2. The average Bonchev–Trinajstić information content (AvgIpc) is 2.83. The first-order chi connectivity index (χ1) is 8.20. The van der Waals surface area contributed by atoms with Gasteiger partial charge in [-0.1, -0.05) is 18.2 Å². The fourth-order valence-electron chi connectivity index (χ4n) is 1.58. The molecule has 3 N–H and O–H groups in total. The molecule has 0 unspecified atom stereocenters. The smallest absolute Gasteiger partial charge is 0.265 e. The van der Waals surface area contributed by atoms with E-state index in [1.54, 1.807) is 6.07 Å². The van der Waals surface area contributed by atoms with Crippen molar-refractivity contribution in [2.24, 2.45) is 5.73 Å². The van der Waals surface area contributed by atoms with Crippen molar-refractivity contribution < 1.29 is 4.79 Å². The largest absolute Gasteiger partial charge is 0.326 e. The maximum Gasteiger partial charge on any atom is 0.265 e. The van der Waals surface area contributed by atoms with Gasteiger partial charge < -0.3 is 11.1 Å². The Morgan fingerprint density at radius 2 is 2.24 bits per heavy atom. The Bertz CT molecular complexity index is 520. The summed E-state index contributed by atoms with van der Waals surface area (Å²) in [4.78, 5) is 12.6. The molecule has 1 amide bonds. The van der Waals surface area contributed by atoms with E-state index in [0.29, 0.717) is 11.4 Å². The van der Waals surface area contributed by atoms with Gasteiger partial charge in [-0.15, -0.1) is 11.3 Å². The molecular formula is C13H14N2OS. The van der Waals surface area contributed by atoms with Gasteiger partial charge in [0.15, 0.2) is 0 Å². The van der Waals surface area contributed by atoms with E-state index >= 15 is 0 Å². The van der Waals surface area contributed by atoms with Gasteiger partial charge in [-0.3, -0.25) is 4.79 Å². The topological polar surface area (TPSA) is 55.1 Å². The fourth-order valence-corrected chi connectivity index (χ4v) is 2.20. The third-order valence-corrected chi connectivity index (χ3v) is 3.35. The Hall–Kier alpha value is -1.65. The minimum Gasteiger partial charge on any atom is -0.326 e. The Morgan fingerprint density at radius 3 is 2.88 bits per heavy atom. The van der Waals surface area contributed by atoms with E-state index in [1.165, 1.54) is 11.3 Å². The van der Waals surface area contributed by atoms with Gasteiger partial charge in [0.05, 0.1) is 4.88 Å². The minimum absolute atomic E-state index is 0.0831. The molecule has 0 atom stereocenters. The van der Waals surface area contributed by atoms with Crippen LogP contribution < -0.4 is 11.1 Å². The first-order valence-corrected chi connectivity index (χ1v) is 6.23. The number of carbonyl (C=O) groups excluding carboxylic acids is 1. The second-order valence-corrected chi connectivity index (χ2v) is 4.74. The highest BCUT2D eigenvalue weighted by Crippen LogP contribution is 2.19. The molecule has 0 aliphatic carbocycles. The number of thiophene rings is 1. The number of hydrogen-bond donors (Lipinski definition) is 2. The van der Waals surface area contributed by atoms with Crippen molar-refractivity contribution in [3.8, 4) is 0 Å². The number of anilines is 1. The second kappa shape index (κ2) is 5.12.